The summed E-state index contributed by atoms with van der Waals surface area (Å²) in [6, 6.07) is -0.450. The molecule has 7 nitrogen and oxygen atoms in total. The fourth-order valence-electron chi connectivity index (χ4n) is 1.25. The van der Waals surface area contributed by atoms with Crippen LogP contribution in [0.25, 0.3) is 0 Å². The van der Waals surface area contributed by atoms with Crippen molar-refractivity contribution in [1.82, 2.24) is 15.5 Å². The Kier molecular flexibility index (Phi) is 8.34. The van der Waals surface area contributed by atoms with E-state index < -0.39 is 12.0 Å². The van der Waals surface area contributed by atoms with Crippen molar-refractivity contribution in [2.45, 2.75) is 20.3 Å². The van der Waals surface area contributed by atoms with Gasteiger partial charge in [-0.15, -0.1) is 0 Å². The first kappa shape index (κ1) is 16.2. The third kappa shape index (κ3) is 6.72. The zero-order valence-corrected chi connectivity index (χ0v) is 11.1. The summed E-state index contributed by atoms with van der Waals surface area (Å²) in [6.07, 6.45) is 0.726. The zero-order valence-electron chi connectivity index (χ0n) is 11.1. The lowest BCUT2D eigenvalue weighted by atomic mass is 10.4. The number of rotatable bonds is 7. The molecule has 0 saturated heterocycles. The van der Waals surface area contributed by atoms with Gasteiger partial charge in [0.05, 0.1) is 6.61 Å². The summed E-state index contributed by atoms with van der Waals surface area (Å²) in [5.74, 6) is -0.753. The standard InChI is InChI=1S/C11H21N3O4/c1-4-6-14(8-9(15)12-3)11(17)13-7-10(16)18-5-2/h4-8H2,1-3H3,(H,12,15)(H,13,17). The number of urea groups is 1. The van der Waals surface area contributed by atoms with Gasteiger partial charge >= 0.3 is 12.0 Å². The van der Waals surface area contributed by atoms with Gasteiger partial charge in [0.2, 0.25) is 5.91 Å². The van der Waals surface area contributed by atoms with Crippen LogP contribution in [-0.4, -0.2) is 56.1 Å². The molecule has 0 aromatic heterocycles. The molecule has 0 atom stereocenters. The number of hydrogen-bond acceptors (Lipinski definition) is 4. The Bertz CT molecular complexity index is 294. The van der Waals surface area contributed by atoms with Crippen LogP contribution in [0.5, 0.6) is 0 Å². The number of esters is 1. The third-order valence-electron chi connectivity index (χ3n) is 2.08. The van der Waals surface area contributed by atoms with Crippen LogP contribution in [0.1, 0.15) is 20.3 Å². The average Bonchev–Trinajstić information content (AvgIpc) is 2.35. The summed E-state index contributed by atoms with van der Waals surface area (Å²) in [7, 11) is 1.50. The van der Waals surface area contributed by atoms with Gasteiger partial charge in [0.15, 0.2) is 0 Å². The van der Waals surface area contributed by atoms with Crippen LogP contribution in [0.15, 0.2) is 0 Å². The van der Waals surface area contributed by atoms with Gasteiger partial charge in [0.1, 0.15) is 13.1 Å². The normalized spacial score (nSPS) is 9.50. The molecule has 18 heavy (non-hydrogen) atoms. The minimum Gasteiger partial charge on any atom is -0.465 e. The Labute approximate surface area is 107 Å². The lowest BCUT2D eigenvalue weighted by molar-refractivity contribution is -0.141. The first-order chi connectivity index (χ1) is 8.54. The number of carbonyl (C=O) groups is 3. The number of likely N-dealkylation sites (N-methyl/N-ethyl adjacent to an activating group) is 1. The van der Waals surface area contributed by atoms with Gasteiger partial charge in [-0.2, -0.15) is 0 Å². The summed E-state index contributed by atoms with van der Waals surface area (Å²) in [5, 5.41) is 4.86. The maximum atomic E-state index is 11.7. The van der Waals surface area contributed by atoms with Crippen LogP contribution in [0.4, 0.5) is 4.79 Å². The Morgan fingerprint density at radius 1 is 1.22 bits per heavy atom. The van der Waals surface area contributed by atoms with Crippen molar-refractivity contribution >= 4 is 17.9 Å². The minimum atomic E-state index is -0.498. The predicted molar refractivity (Wildman–Crippen MR) is 66.0 cm³/mol. The van der Waals surface area contributed by atoms with Crippen LogP contribution in [-0.2, 0) is 14.3 Å². The molecule has 0 unspecified atom stereocenters. The number of amides is 3. The molecule has 0 rings (SSSR count). The van der Waals surface area contributed by atoms with Crippen molar-refractivity contribution in [3.63, 3.8) is 0 Å². The Morgan fingerprint density at radius 3 is 2.39 bits per heavy atom. The minimum absolute atomic E-state index is 0.0288. The van der Waals surface area contributed by atoms with Gasteiger partial charge in [0.25, 0.3) is 0 Å². The Hall–Kier alpha value is -1.79. The predicted octanol–water partition coefficient (Wildman–Crippen LogP) is -0.283. The molecule has 0 bridgehead atoms. The fraction of sp³-hybridized carbons (Fsp3) is 0.727. The smallest absolute Gasteiger partial charge is 0.325 e. The molecule has 0 radical (unpaired) electrons. The largest absolute Gasteiger partial charge is 0.465 e. The van der Waals surface area contributed by atoms with Crippen LogP contribution in [0, 0.1) is 0 Å². The van der Waals surface area contributed by atoms with Crippen molar-refractivity contribution in [2.24, 2.45) is 0 Å². The maximum Gasteiger partial charge on any atom is 0.325 e. The molecular weight excluding hydrogens is 238 g/mol. The molecule has 0 aromatic rings. The molecule has 0 spiro atoms. The van der Waals surface area contributed by atoms with Gasteiger partial charge in [-0.1, -0.05) is 6.92 Å². The number of nitrogens with one attached hydrogen (secondary N) is 2. The summed E-state index contributed by atoms with van der Waals surface area (Å²) in [6.45, 7) is 4.08. The van der Waals surface area contributed by atoms with E-state index in [1.165, 1.54) is 11.9 Å². The molecule has 0 aliphatic heterocycles. The molecule has 7 heteroatoms. The van der Waals surface area contributed by atoms with E-state index in [0.717, 1.165) is 6.42 Å². The van der Waals surface area contributed by atoms with Crippen molar-refractivity contribution in [2.75, 3.05) is 33.3 Å². The topological polar surface area (TPSA) is 87.7 Å². The third-order valence-corrected chi connectivity index (χ3v) is 2.08. The first-order valence-corrected chi connectivity index (χ1v) is 5.94. The van der Waals surface area contributed by atoms with E-state index in [4.69, 9.17) is 0 Å². The van der Waals surface area contributed by atoms with E-state index in [1.807, 2.05) is 6.92 Å². The highest BCUT2D eigenvalue weighted by molar-refractivity contribution is 5.85. The Balaban J connectivity index is 4.21. The maximum absolute atomic E-state index is 11.7. The van der Waals surface area contributed by atoms with Crippen molar-refractivity contribution in [3.8, 4) is 0 Å². The van der Waals surface area contributed by atoms with Gasteiger partial charge < -0.3 is 20.3 Å². The molecule has 0 aromatic carbocycles. The second-order valence-electron chi connectivity index (χ2n) is 3.56. The molecule has 0 fully saturated rings. The zero-order chi connectivity index (χ0) is 14.0. The van der Waals surface area contributed by atoms with E-state index in [0.29, 0.717) is 6.54 Å². The van der Waals surface area contributed by atoms with Gasteiger partial charge in [-0.05, 0) is 13.3 Å². The molecule has 0 aliphatic rings. The van der Waals surface area contributed by atoms with Gasteiger partial charge in [0, 0.05) is 13.6 Å². The molecule has 2 N–H and O–H groups in total. The first-order valence-electron chi connectivity index (χ1n) is 5.94. The second-order valence-corrected chi connectivity index (χ2v) is 3.56. The van der Waals surface area contributed by atoms with Crippen LogP contribution < -0.4 is 10.6 Å². The SMILES string of the molecule is CCCN(CC(=O)NC)C(=O)NCC(=O)OCC. The second kappa shape index (κ2) is 9.26. The number of ether oxygens (including phenoxy) is 1. The van der Waals surface area contributed by atoms with E-state index in [9.17, 15) is 14.4 Å². The summed E-state index contributed by atoms with van der Waals surface area (Å²) < 4.78 is 4.68. The highest BCUT2D eigenvalue weighted by atomic mass is 16.5. The summed E-state index contributed by atoms with van der Waals surface area (Å²) >= 11 is 0. The quantitative estimate of drug-likeness (QED) is 0.615. The number of carbonyl (C=O) groups excluding carboxylic acids is 3. The molecular formula is C11H21N3O4. The fourth-order valence-corrected chi connectivity index (χ4v) is 1.25. The lowest BCUT2D eigenvalue weighted by Gasteiger charge is -2.21. The molecule has 0 heterocycles. The monoisotopic (exact) mass is 259 g/mol. The van der Waals surface area contributed by atoms with E-state index in [-0.39, 0.29) is 25.6 Å². The van der Waals surface area contributed by atoms with Crippen LogP contribution >= 0.6 is 0 Å². The van der Waals surface area contributed by atoms with Crippen molar-refractivity contribution in [1.29, 1.82) is 0 Å². The van der Waals surface area contributed by atoms with Crippen molar-refractivity contribution in [3.05, 3.63) is 0 Å². The summed E-state index contributed by atoms with van der Waals surface area (Å²) in [5.41, 5.74) is 0. The summed E-state index contributed by atoms with van der Waals surface area (Å²) in [4.78, 5) is 35.4. The molecule has 104 valence electrons. The lowest BCUT2D eigenvalue weighted by Crippen LogP contribution is -2.46. The number of nitrogens with zero attached hydrogens (tertiary/aromatic N) is 1. The highest BCUT2D eigenvalue weighted by Crippen LogP contribution is 1.92. The van der Waals surface area contributed by atoms with E-state index in [2.05, 4.69) is 15.4 Å². The molecule has 0 saturated carbocycles. The molecule has 3 amide bonds. The molecule has 0 aliphatic carbocycles. The Morgan fingerprint density at radius 2 is 1.89 bits per heavy atom. The van der Waals surface area contributed by atoms with Crippen LogP contribution in [0.3, 0.4) is 0 Å². The average molecular weight is 259 g/mol. The van der Waals surface area contributed by atoms with Crippen molar-refractivity contribution < 1.29 is 19.1 Å². The van der Waals surface area contributed by atoms with Gasteiger partial charge in [-0.25, -0.2) is 4.79 Å². The van der Waals surface area contributed by atoms with E-state index >= 15 is 0 Å². The van der Waals surface area contributed by atoms with E-state index in [1.54, 1.807) is 6.92 Å². The van der Waals surface area contributed by atoms with Crippen LogP contribution in [0.2, 0.25) is 0 Å². The van der Waals surface area contributed by atoms with Gasteiger partial charge in [-0.3, -0.25) is 9.59 Å². The number of hydrogen-bond donors (Lipinski definition) is 2. The highest BCUT2D eigenvalue weighted by Gasteiger charge is 2.16.